The molecule has 3 nitrogen and oxygen atoms in total. The maximum atomic E-state index is 13.2. The van der Waals surface area contributed by atoms with Crippen LogP contribution in [0.2, 0.25) is 5.02 Å². The van der Waals surface area contributed by atoms with Gasteiger partial charge in [0, 0.05) is 11.1 Å². The molecule has 0 amide bonds. The number of aliphatic imine (C=N–C) groups is 1. The van der Waals surface area contributed by atoms with E-state index in [1.54, 1.807) is 6.07 Å². The molecule has 5 heteroatoms. The maximum Gasteiger partial charge on any atom is 0.192 e. The van der Waals surface area contributed by atoms with E-state index in [-0.39, 0.29) is 11.9 Å². The molecule has 0 saturated carbocycles. The maximum absolute atomic E-state index is 13.2. The Morgan fingerprint density at radius 3 is 2.84 bits per heavy atom. The molecule has 2 rings (SSSR count). The minimum absolute atomic E-state index is 0.248. The second-order valence-electron chi connectivity index (χ2n) is 5.20. The molecule has 0 radical (unpaired) electrons. The van der Waals surface area contributed by atoms with Crippen molar-refractivity contribution in [2.75, 3.05) is 6.54 Å². The fourth-order valence-corrected chi connectivity index (χ4v) is 3.05. The predicted octanol–water partition coefficient (Wildman–Crippen LogP) is 3.12. The van der Waals surface area contributed by atoms with Crippen LogP contribution < -0.4 is 5.73 Å². The standard InChI is InChI=1S/C14H19ClFN3/c1-4-9(2)19-13(17)18-8-14(19,3)11-6-5-10(16)7-12(11)15/h5-7,9H,4,8H2,1-3H3,(H2,17,18). The SMILES string of the molecule is CCC(C)N1C(N)=NCC1(C)c1ccc(F)cc1Cl. The largest absolute Gasteiger partial charge is 0.370 e. The second kappa shape index (κ2) is 5.00. The first-order chi connectivity index (χ1) is 8.90. The minimum atomic E-state index is -0.412. The third-order valence-electron chi connectivity index (χ3n) is 3.87. The Hall–Kier alpha value is -1.29. The fraction of sp³-hybridized carbons (Fsp3) is 0.500. The van der Waals surface area contributed by atoms with Crippen molar-refractivity contribution in [2.24, 2.45) is 10.7 Å². The van der Waals surface area contributed by atoms with E-state index in [4.69, 9.17) is 17.3 Å². The van der Waals surface area contributed by atoms with Gasteiger partial charge in [-0.25, -0.2) is 4.39 Å². The molecule has 19 heavy (non-hydrogen) atoms. The third kappa shape index (κ3) is 2.29. The molecule has 2 atom stereocenters. The molecule has 0 saturated heterocycles. The van der Waals surface area contributed by atoms with Crippen LogP contribution in [0.15, 0.2) is 23.2 Å². The molecule has 1 aromatic rings. The van der Waals surface area contributed by atoms with Gasteiger partial charge in [-0.15, -0.1) is 0 Å². The Labute approximate surface area is 118 Å². The quantitative estimate of drug-likeness (QED) is 0.926. The number of nitrogens with two attached hydrogens (primary N) is 1. The molecule has 0 aliphatic carbocycles. The summed E-state index contributed by atoms with van der Waals surface area (Å²) in [4.78, 5) is 6.42. The van der Waals surface area contributed by atoms with Crippen LogP contribution in [-0.4, -0.2) is 23.4 Å². The topological polar surface area (TPSA) is 41.6 Å². The van der Waals surface area contributed by atoms with Crippen LogP contribution in [0.3, 0.4) is 0 Å². The van der Waals surface area contributed by atoms with E-state index in [1.165, 1.54) is 12.1 Å². The predicted molar refractivity (Wildman–Crippen MR) is 76.8 cm³/mol. The molecule has 104 valence electrons. The van der Waals surface area contributed by atoms with Crippen molar-refractivity contribution >= 4 is 17.6 Å². The van der Waals surface area contributed by atoms with E-state index in [0.717, 1.165) is 12.0 Å². The summed E-state index contributed by atoms with van der Waals surface area (Å²) in [7, 11) is 0. The van der Waals surface area contributed by atoms with Crippen LogP contribution in [-0.2, 0) is 5.54 Å². The van der Waals surface area contributed by atoms with Gasteiger partial charge in [-0.3, -0.25) is 4.99 Å². The van der Waals surface area contributed by atoms with Crippen molar-refractivity contribution in [1.29, 1.82) is 0 Å². The highest BCUT2D eigenvalue weighted by atomic mass is 35.5. The Bertz CT molecular complexity index is 517. The Morgan fingerprint density at radius 1 is 1.58 bits per heavy atom. The first-order valence-corrected chi connectivity index (χ1v) is 6.82. The molecule has 1 heterocycles. The first-order valence-electron chi connectivity index (χ1n) is 6.45. The molecule has 0 aromatic heterocycles. The molecular weight excluding hydrogens is 265 g/mol. The van der Waals surface area contributed by atoms with Gasteiger partial charge in [0.1, 0.15) is 5.82 Å². The summed E-state index contributed by atoms with van der Waals surface area (Å²) < 4.78 is 13.2. The highest BCUT2D eigenvalue weighted by molar-refractivity contribution is 6.31. The van der Waals surface area contributed by atoms with Crippen molar-refractivity contribution < 1.29 is 4.39 Å². The monoisotopic (exact) mass is 283 g/mol. The Morgan fingerprint density at radius 2 is 2.26 bits per heavy atom. The number of hydrogen-bond donors (Lipinski definition) is 1. The van der Waals surface area contributed by atoms with Crippen LogP contribution in [0.4, 0.5) is 4.39 Å². The zero-order valence-corrected chi connectivity index (χ0v) is 12.2. The number of halogens is 2. The summed E-state index contributed by atoms with van der Waals surface area (Å²) in [6.45, 7) is 6.78. The summed E-state index contributed by atoms with van der Waals surface area (Å²) in [6.07, 6.45) is 0.949. The fourth-order valence-electron chi connectivity index (χ4n) is 2.68. The van der Waals surface area contributed by atoms with Crippen molar-refractivity contribution in [3.63, 3.8) is 0 Å². The first kappa shape index (κ1) is 14.1. The summed E-state index contributed by atoms with van der Waals surface area (Å²) >= 11 is 6.20. The molecule has 1 aliphatic rings. The van der Waals surface area contributed by atoms with E-state index in [9.17, 15) is 4.39 Å². The van der Waals surface area contributed by atoms with Crippen LogP contribution in [0.5, 0.6) is 0 Å². The lowest BCUT2D eigenvalue weighted by molar-refractivity contribution is 0.171. The van der Waals surface area contributed by atoms with Gasteiger partial charge in [0.25, 0.3) is 0 Å². The van der Waals surface area contributed by atoms with Gasteiger partial charge in [0.15, 0.2) is 5.96 Å². The lowest BCUT2D eigenvalue weighted by Gasteiger charge is -2.41. The van der Waals surface area contributed by atoms with E-state index in [1.807, 2.05) is 6.92 Å². The summed E-state index contributed by atoms with van der Waals surface area (Å²) in [6, 6.07) is 4.74. The van der Waals surface area contributed by atoms with Gasteiger partial charge in [-0.2, -0.15) is 0 Å². The summed E-state index contributed by atoms with van der Waals surface area (Å²) in [5, 5.41) is 0.417. The molecule has 1 aliphatic heterocycles. The van der Waals surface area contributed by atoms with Gasteiger partial charge in [0.05, 0.1) is 12.1 Å². The van der Waals surface area contributed by atoms with Crippen LogP contribution >= 0.6 is 11.6 Å². The Balaban J connectivity index is 2.47. The number of guanidine groups is 1. The van der Waals surface area contributed by atoms with Gasteiger partial charge in [-0.1, -0.05) is 24.6 Å². The van der Waals surface area contributed by atoms with Crippen molar-refractivity contribution in [2.45, 2.75) is 38.8 Å². The van der Waals surface area contributed by atoms with Crippen LogP contribution in [0, 0.1) is 5.82 Å². The van der Waals surface area contributed by atoms with E-state index < -0.39 is 5.54 Å². The van der Waals surface area contributed by atoms with Gasteiger partial charge >= 0.3 is 0 Å². The lowest BCUT2D eigenvalue weighted by Crippen LogP contribution is -2.51. The van der Waals surface area contributed by atoms with Gasteiger partial charge in [0.2, 0.25) is 0 Å². The molecule has 2 N–H and O–H groups in total. The summed E-state index contributed by atoms with van der Waals surface area (Å²) in [5.74, 6) is 0.191. The van der Waals surface area contributed by atoms with Crippen LogP contribution in [0.25, 0.3) is 0 Å². The smallest absolute Gasteiger partial charge is 0.192 e. The van der Waals surface area contributed by atoms with Gasteiger partial charge < -0.3 is 10.6 Å². The highest BCUT2D eigenvalue weighted by Gasteiger charge is 2.42. The highest BCUT2D eigenvalue weighted by Crippen LogP contribution is 2.38. The molecule has 1 aromatic carbocycles. The normalized spacial score (nSPS) is 24.5. The minimum Gasteiger partial charge on any atom is -0.370 e. The molecule has 2 unspecified atom stereocenters. The number of rotatable bonds is 3. The number of nitrogens with zero attached hydrogens (tertiary/aromatic N) is 2. The number of benzene rings is 1. The zero-order chi connectivity index (χ0) is 14.2. The third-order valence-corrected chi connectivity index (χ3v) is 4.18. The average Bonchev–Trinajstić information content (AvgIpc) is 2.65. The van der Waals surface area contributed by atoms with Gasteiger partial charge in [-0.05, 0) is 38.0 Å². The molecule has 0 bridgehead atoms. The van der Waals surface area contributed by atoms with Crippen molar-refractivity contribution in [1.82, 2.24) is 4.90 Å². The summed E-state index contributed by atoms with van der Waals surface area (Å²) in [5.41, 5.74) is 6.46. The number of hydrogen-bond acceptors (Lipinski definition) is 3. The van der Waals surface area contributed by atoms with Crippen molar-refractivity contribution in [3.8, 4) is 0 Å². The second-order valence-corrected chi connectivity index (χ2v) is 5.61. The Kier molecular flexibility index (Phi) is 3.72. The lowest BCUT2D eigenvalue weighted by atomic mass is 9.89. The van der Waals surface area contributed by atoms with E-state index in [0.29, 0.717) is 17.5 Å². The van der Waals surface area contributed by atoms with Crippen molar-refractivity contribution in [3.05, 3.63) is 34.6 Å². The molecular formula is C14H19ClFN3. The van der Waals surface area contributed by atoms with E-state index in [2.05, 4.69) is 23.7 Å². The molecule has 0 spiro atoms. The average molecular weight is 284 g/mol. The van der Waals surface area contributed by atoms with E-state index >= 15 is 0 Å². The molecule has 0 fully saturated rings. The van der Waals surface area contributed by atoms with Crippen LogP contribution in [0.1, 0.15) is 32.8 Å². The zero-order valence-electron chi connectivity index (χ0n) is 11.5.